The fourth-order valence-electron chi connectivity index (χ4n) is 2.08. The summed E-state index contributed by atoms with van der Waals surface area (Å²) in [6.45, 7) is 6.60. The first-order valence-electron chi connectivity index (χ1n) is 6.63. The van der Waals surface area contributed by atoms with Crippen molar-refractivity contribution >= 4 is 10.9 Å². The van der Waals surface area contributed by atoms with Gasteiger partial charge in [0.15, 0.2) is 0 Å². The SMILES string of the molecule is CC(C)(C)NC[C@H](O)c1cccc2c(C#N)ccnc12. The number of rotatable bonds is 3. The number of hydrogen-bond acceptors (Lipinski definition) is 4. The van der Waals surface area contributed by atoms with E-state index in [1.165, 1.54) is 0 Å². The standard InChI is InChI=1S/C16H19N3O/c1-16(2,3)19-10-14(20)13-6-4-5-12-11(9-17)7-8-18-15(12)13/h4-8,14,19-20H,10H2,1-3H3/t14-/m0/s1. The molecule has 0 aliphatic heterocycles. The fourth-order valence-corrected chi connectivity index (χ4v) is 2.08. The van der Waals surface area contributed by atoms with E-state index in [0.29, 0.717) is 17.6 Å². The lowest BCUT2D eigenvalue weighted by atomic mass is 10.0. The molecule has 0 aliphatic carbocycles. The average molecular weight is 269 g/mol. The van der Waals surface area contributed by atoms with Crippen LogP contribution in [0.2, 0.25) is 0 Å². The minimum absolute atomic E-state index is 0.0587. The van der Waals surface area contributed by atoms with Crippen molar-refractivity contribution in [3.05, 3.63) is 41.6 Å². The molecule has 0 fully saturated rings. The predicted octanol–water partition coefficient (Wildman–Crippen LogP) is 2.53. The molecule has 2 rings (SSSR count). The number of nitriles is 1. The minimum Gasteiger partial charge on any atom is -0.387 e. The summed E-state index contributed by atoms with van der Waals surface area (Å²) >= 11 is 0. The summed E-state index contributed by atoms with van der Waals surface area (Å²) in [6, 6.07) is 9.40. The van der Waals surface area contributed by atoms with Gasteiger partial charge in [0.25, 0.3) is 0 Å². The van der Waals surface area contributed by atoms with Crippen LogP contribution >= 0.6 is 0 Å². The van der Waals surface area contributed by atoms with E-state index in [2.05, 4.69) is 37.1 Å². The molecular weight excluding hydrogens is 250 g/mol. The number of aliphatic hydroxyl groups excluding tert-OH is 1. The van der Waals surface area contributed by atoms with Gasteiger partial charge in [0, 0.05) is 29.2 Å². The van der Waals surface area contributed by atoms with Gasteiger partial charge in [-0.1, -0.05) is 18.2 Å². The Morgan fingerprint density at radius 2 is 2.10 bits per heavy atom. The highest BCUT2D eigenvalue weighted by atomic mass is 16.3. The smallest absolute Gasteiger partial charge is 0.0999 e. The van der Waals surface area contributed by atoms with Crippen molar-refractivity contribution in [1.82, 2.24) is 10.3 Å². The molecule has 0 amide bonds. The zero-order valence-corrected chi connectivity index (χ0v) is 12.0. The number of fused-ring (bicyclic) bond motifs is 1. The molecule has 4 nitrogen and oxygen atoms in total. The van der Waals surface area contributed by atoms with Crippen molar-refractivity contribution in [3.63, 3.8) is 0 Å². The molecule has 0 radical (unpaired) electrons. The Labute approximate surface area is 119 Å². The maximum absolute atomic E-state index is 10.4. The van der Waals surface area contributed by atoms with E-state index in [1.54, 1.807) is 12.3 Å². The number of pyridine rings is 1. The summed E-state index contributed by atoms with van der Waals surface area (Å²) in [5.41, 5.74) is 1.95. The van der Waals surface area contributed by atoms with Gasteiger partial charge in [-0.05, 0) is 26.8 Å². The van der Waals surface area contributed by atoms with Crippen molar-refractivity contribution in [1.29, 1.82) is 5.26 Å². The lowest BCUT2D eigenvalue weighted by Gasteiger charge is -2.23. The Morgan fingerprint density at radius 3 is 2.75 bits per heavy atom. The average Bonchev–Trinajstić information content (AvgIpc) is 2.42. The summed E-state index contributed by atoms with van der Waals surface area (Å²) in [6.07, 6.45) is 0.952. The maximum atomic E-state index is 10.4. The third-order valence-corrected chi connectivity index (χ3v) is 3.11. The van der Waals surface area contributed by atoms with Crippen molar-refractivity contribution in [2.45, 2.75) is 32.4 Å². The third kappa shape index (κ3) is 3.13. The van der Waals surface area contributed by atoms with Crippen molar-refractivity contribution in [2.75, 3.05) is 6.54 Å². The van der Waals surface area contributed by atoms with Crippen LogP contribution in [0.3, 0.4) is 0 Å². The summed E-state index contributed by atoms with van der Waals surface area (Å²) in [7, 11) is 0. The quantitative estimate of drug-likeness (QED) is 0.898. The Hall–Kier alpha value is -1.96. The van der Waals surface area contributed by atoms with E-state index in [0.717, 1.165) is 10.9 Å². The normalized spacial score (nSPS) is 13.2. The monoisotopic (exact) mass is 269 g/mol. The Morgan fingerprint density at radius 1 is 1.35 bits per heavy atom. The van der Waals surface area contributed by atoms with Crippen LogP contribution in [0.25, 0.3) is 10.9 Å². The number of nitrogens with one attached hydrogen (secondary N) is 1. The van der Waals surface area contributed by atoms with Gasteiger partial charge in [-0.2, -0.15) is 5.26 Å². The second kappa shape index (κ2) is 5.58. The molecule has 2 N–H and O–H groups in total. The van der Waals surface area contributed by atoms with Gasteiger partial charge >= 0.3 is 0 Å². The van der Waals surface area contributed by atoms with Crippen LogP contribution in [0.15, 0.2) is 30.5 Å². The zero-order valence-electron chi connectivity index (χ0n) is 12.0. The van der Waals surface area contributed by atoms with Gasteiger partial charge in [0.2, 0.25) is 0 Å². The number of aromatic nitrogens is 1. The predicted molar refractivity (Wildman–Crippen MR) is 79.2 cm³/mol. The zero-order chi connectivity index (χ0) is 14.8. The molecule has 0 unspecified atom stereocenters. The largest absolute Gasteiger partial charge is 0.387 e. The second-order valence-electron chi connectivity index (χ2n) is 5.86. The lowest BCUT2D eigenvalue weighted by molar-refractivity contribution is 0.164. The van der Waals surface area contributed by atoms with Gasteiger partial charge in [0.05, 0.1) is 23.3 Å². The highest BCUT2D eigenvalue weighted by Crippen LogP contribution is 2.24. The Balaban J connectivity index is 2.38. The number of nitrogens with zero attached hydrogens (tertiary/aromatic N) is 2. The first-order valence-corrected chi connectivity index (χ1v) is 6.63. The van der Waals surface area contributed by atoms with E-state index in [4.69, 9.17) is 5.26 Å². The number of benzene rings is 1. The maximum Gasteiger partial charge on any atom is 0.0999 e. The van der Waals surface area contributed by atoms with Gasteiger partial charge < -0.3 is 10.4 Å². The van der Waals surface area contributed by atoms with E-state index in [-0.39, 0.29) is 5.54 Å². The third-order valence-electron chi connectivity index (χ3n) is 3.11. The molecule has 1 aromatic carbocycles. The van der Waals surface area contributed by atoms with Crippen molar-refractivity contribution in [2.24, 2.45) is 0 Å². The molecule has 4 heteroatoms. The minimum atomic E-state index is -0.653. The molecular formula is C16H19N3O. The summed E-state index contributed by atoms with van der Waals surface area (Å²) in [4.78, 5) is 4.32. The van der Waals surface area contributed by atoms with E-state index < -0.39 is 6.10 Å². The molecule has 20 heavy (non-hydrogen) atoms. The second-order valence-corrected chi connectivity index (χ2v) is 5.86. The topological polar surface area (TPSA) is 68.9 Å². The number of aliphatic hydroxyl groups is 1. The molecule has 2 aromatic rings. The van der Waals surface area contributed by atoms with Gasteiger partial charge in [0.1, 0.15) is 0 Å². The van der Waals surface area contributed by atoms with Crippen LogP contribution in [0.1, 0.15) is 38.0 Å². The molecule has 0 aliphatic rings. The molecule has 0 bridgehead atoms. The van der Waals surface area contributed by atoms with Crippen LogP contribution in [0.5, 0.6) is 0 Å². The summed E-state index contributed by atoms with van der Waals surface area (Å²) in [5, 5.41) is 23.5. The van der Waals surface area contributed by atoms with Gasteiger partial charge in [-0.15, -0.1) is 0 Å². The molecule has 0 spiro atoms. The van der Waals surface area contributed by atoms with Crippen LogP contribution in [-0.4, -0.2) is 22.2 Å². The molecule has 1 aromatic heterocycles. The van der Waals surface area contributed by atoms with Gasteiger partial charge in [-0.25, -0.2) is 0 Å². The Kier molecular flexibility index (Phi) is 4.03. The lowest BCUT2D eigenvalue weighted by Crippen LogP contribution is -2.38. The van der Waals surface area contributed by atoms with E-state index in [1.807, 2.05) is 18.2 Å². The highest BCUT2D eigenvalue weighted by Gasteiger charge is 2.16. The summed E-state index contributed by atoms with van der Waals surface area (Å²) < 4.78 is 0. The molecule has 0 saturated heterocycles. The first-order chi connectivity index (χ1) is 9.42. The van der Waals surface area contributed by atoms with Crippen molar-refractivity contribution < 1.29 is 5.11 Å². The number of β-amino-alcohol motifs (C(OH)–C–C–N with tert-alkyl or cyclic N) is 1. The molecule has 1 heterocycles. The van der Waals surface area contributed by atoms with Crippen molar-refractivity contribution in [3.8, 4) is 6.07 Å². The number of hydrogen-bond donors (Lipinski definition) is 2. The van der Waals surface area contributed by atoms with Crippen LogP contribution in [-0.2, 0) is 0 Å². The van der Waals surface area contributed by atoms with Crippen LogP contribution in [0.4, 0.5) is 0 Å². The first kappa shape index (κ1) is 14.4. The van der Waals surface area contributed by atoms with Crippen LogP contribution in [0, 0.1) is 11.3 Å². The van der Waals surface area contributed by atoms with Crippen LogP contribution < -0.4 is 5.32 Å². The summed E-state index contributed by atoms with van der Waals surface area (Å²) in [5.74, 6) is 0. The van der Waals surface area contributed by atoms with E-state index in [9.17, 15) is 5.11 Å². The molecule has 0 saturated carbocycles. The molecule has 1 atom stereocenters. The fraction of sp³-hybridized carbons (Fsp3) is 0.375. The van der Waals surface area contributed by atoms with Gasteiger partial charge in [-0.3, -0.25) is 4.98 Å². The molecule has 104 valence electrons. The highest BCUT2D eigenvalue weighted by molar-refractivity contribution is 5.87. The number of para-hydroxylation sites is 1. The van der Waals surface area contributed by atoms with E-state index >= 15 is 0 Å². The Bertz CT molecular complexity index is 653.